The molecule has 1 aromatic heterocycles. The third-order valence-corrected chi connectivity index (χ3v) is 6.33. The molecule has 0 bridgehead atoms. The largest absolute Gasteiger partial charge is 0.457 e. The van der Waals surface area contributed by atoms with Gasteiger partial charge >= 0.3 is 5.97 Å². The Morgan fingerprint density at radius 3 is 2.77 bits per heavy atom. The number of para-hydroxylation sites is 3. The topological polar surface area (TPSA) is 96.4 Å². The van der Waals surface area contributed by atoms with Crippen molar-refractivity contribution < 1.29 is 18.7 Å². The van der Waals surface area contributed by atoms with E-state index in [9.17, 15) is 14.9 Å². The van der Waals surface area contributed by atoms with E-state index in [0.717, 1.165) is 22.3 Å². The Hall–Kier alpha value is -3.22. The van der Waals surface area contributed by atoms with Gasteiger partial charge in [-0.25, -0.2) is 4.98 Å². The van der Waals surface area contributed by atoms with E-state index < -0.39 is 18.4 Å². The molecular weight excluding hydrogens is 422 g/mol. The number of ether oxygens (including phenoxy) is 1. The van der Waals surface area contributed by atoms with Crippen LogP contribution in [0.25, 0.3) is 11.1 Å². The monoisotopic (exact) mass is 437 g/mol. The molecule has 3 aromatic rings. The van der Waals surface area contributed by atoms with Gasteiger partial charge in [-0.3, -0.25) is 9.59 Å². The fourth-order valence-corrected chi connectivity index (χ4v) is 4.64. The normalized spacial score (nSPS) is 14.3. The zero-order valence-electron chi connectivity index (χ0n) is 15.8. The predicted octanol–water partition coefficient (Wildman–Crippen LogP) is 4.01. The van der Waals surface area contributed by atoms with E-state index >= 15 is 0 Å². The smallest absolute Gasteiger partial charge is 0.316 e. The summed E-state index contributed by atoms with van der Waals surface area (Å²) in [6.45, 7) is -0.496. The van der Waals surface area contributed by atoms with Crippen molar-refractivity contribution >= 4 is 52.1 Å². The number of nitriles is 1. The molecule has 0 fully saturated rings. The van der Waals surface area contributed by atoms with E-state index in [0.29, 0.717) is 21.4 Å². The van der Waals surface area contributed by atoms with Crippen molar-refractivity contribution in [1.29, 1.82) is 5.26 Å². The molecular formula is C21H15N3O4S2. The lowest BCUT2D eigenvalue weighted by atomic mass is 10.2. The molecule has 1 aliphatic rings. The van der Waals surface area contributed by atoms with E-state index in [1.54, 1.807) is 18.0 Å². The molecule has 0 aliphatic carbocycles. The van der Waals surface area contributed by atoms with Crippen molar-refractivity contribution in [2.45, 2.75) is 10.1 Å². The van der Waals surface area contributed by atoms with E-state index in [1.807, 2.05) is 48.5 Å². The van der Waals surface area contributed by atoms with Gasteiger partial charge in [0.05, 0.1) is 5.69 Å². The number of rotatable bonds is 6. The quantitative estimate of drug-likeness (QED) is 0.245. The van der Waals surface area contributed by atoms with Crippen LogP contribution in [0.1, 0.15) is 0 Å². The molecule has 7 nitrogen and oxygen atoms in total. The van der Waals surface area contributed by atoms with Crippen LogP contribution in [0, 0.1) is 11.3 Å². The number of anilines is 1. The maximum atomic E-state index is 12.5. The lowest BCUT2D eigenvalue weighted by Gasteiger charge is -2.14. The summed E-state index contributed by atoms with van der Waals surface area (Å²) in [6, 6.07) is 16.9. The molecule has 1 aliphatic heterocycles. The first-order valence-electron chi connectivity index (χ1n) is 8.89. The van der Waals surface area contributed by atoms with Crippen LogP contribution in [0.3, 0.4) is 0 Å². The highest BCUT2D eigenvalue weighted by atomic mass is 32.2. The molecule has 9 heteroatoms. The summed E-state index contributed by atoms with van der Waals surface area (Å²) in [5, 5.41) is 10.4. The summed E-state index contributed by atoms with van der Waals surface area (Å²) in [5.74, 6) is -1.19. The van der Waals surface area contributed by atoms with Gasteiger partial charge in [0.15, 0.2) is 12.2 Å². The van der Waals surface area contributed by atoms with Gasteiger partial charge in [-0.15, -0.1) is 0 Å². The summed E-state index contributed by atoms with van der Waals surface area (Å²) in [7, 11) is 1.79. The van der Waals surface area contributed by atoms with Crippen LogP contribution in [0.5, 0.6) is 0 Å². The van der Waals surface area contributed by atoms with Gasteiger partial charge in [-0.05, 0) is 24.3 Å². The van der Waals surface area contributed by atoms with Crippen LogP contribution < -0.4 is 4.90 Å². The van der Waals surface area contributed by atoms with Gasteiger partial charge in [-0.2, -0.15) is 5.26 Å². The number of fused-ring (bicyclic) bond motifs is 2. The third-order valence-electron chi connectivity index (χ3n) is 4.29. The molecule has 0 spiro atoms. The van der Waals surface area contributed by atoms with Crippen molar-refractivity contribution in [1.82, 2.24) is 4.98 Å². The molecule has 0 saturated heterocycles. The van der Waals surface area contributed by atoms with Crippen molar-refractivity contribution in [3.05, 3.63) is 59.1 Å². The van der Waals surface area contributed by atoms with E-state index in [2.05, 4.69) is 4.98 Å². The molecule has 150 valence electrons. The number of Topliss-reactive ketones (excluding diaryl/α,β-unsaturated/α-hetero) is 1. The number of ketones is 1. The number of hydrogen-bond acceptors (Lipinski definition) is 9. The molecule has 0 atom stereocenters. The average Bonchev–Trinajstić information content (AvgIpc) is 3.32. The van der Waals surface area contributed by atoms with E-state index in [1.165, 1.54) is 11.8 Å². The minimum absolute atomic E-state index is 0.0295. The second-order valence-corrected chi connectivity index (χ2v) is 8.20. The molecule has 30 heavy (non-hydrogen) atoms. The van der Waals surface area contributed by atoms with Crippen LogP contribution in [0.4, 0.5) is 5.69 Å². The standard InChI is InChI=1S/C21H15N3O4S2/c1-24-15-7-3-5-9-18(15)30-20(24)13(10-22)16(25)11-27-19(26)12-29-21-23-14-6-2-4-8-17(14)28-21/h2-9H,11-12H2,1H3. The fourth-order valence-electron chi connectivity index (χ4n) is 2.84. The number of hydrogen-bond donors (Lipinski definition) is 0. The van der Waals surface area contributed by atoms with Crippen molar-refractivity contribution in [2.75, 3.05) is 24.3 Å². The van der Waals surface area contributed by atoms with Gasteiger partial charge in [0, 0.05) is 11.9 Å². The minimum Gasteiger partial charge on any atom is -0.457 e. The molecule has 0 saturated carbocycles. The lowest BCUT2D eigenvalue weighted by molar-refractivity contribution is -0.144. The summed E-state index contributed by atoms with van der Waals surface area (Å²) in [5.41, 5.74) is 2.23. The highest BCUT2D eigenvalue weighted by Crippen LogP contribution is 2.46. The number of oxazole rings is 1. The summed E-state index contributed by atoms with van der Waals surface area (Å²) < 4.78 is 10.6. The second-order valence-electron chi connectivity index (χ2n) is 6.24. The molecule has 0 N–H and O–H groups in total. The SMILES string of the molecule is CN1C(=C(C#N)C(=O)COC(=O)CSc2nc3ccccc3o2)Sc2ccccc21. The Labute approximate surface area is 180 Å². The first-order valence-corrected chi connectivity index (χ1v) is 10.7. The van der Waals surface area contributed by atoms with Gasteiger partial charge in [-0.1, -0.05) is 47.8 Å². The summed E-state index contributed by atoms with van der Waals surface area (Å²) >= 11 is 2.43. The molecule has 0 radical (unpaired) electrons. The van der Waals surface area contributed by atoms with Crippen molar-refractivity contribution in [3.63, 3.8) is 0 Å². The first kappa shape index (κ1) is 20.1. The maximum absolute atomic E-state index is 12.5. The third kappa shape index (κ3) is 4.06. The summed E-state index contributed by atoms with van der Waals surface area (Å²) in [6.07, 6.45) is 0. The Balaban J connectivity index is 1.35. The average molecular weight is 438 g/mol. The van der Waals surface area contributed by atoms with Crippen LogP contribution >= 0.6 is 23.5 Å². The number of carbonyl (C=O) groups is 2. The number of carbonyl (C=O) groups excluding carboxylic acids is 2. The van der Waals surface area contributed by atoms with Gasteiger partial charge in [0.2, 0.25) is 5.78 Å². The first-order chi connectivity index (χ1) is 14.6. The van der Waals surface area contributed by atoms with Crippen molar-refractivity contribution in [2.24, 2.45) is 0 Å². The highest BCUT2D eigenvalue weighted by Gasteiger charge is 2.28. The number of aromatic nitrogens is 1. The zero-order valence-corrected chi connectivity index (χ0v) is 17.5. The number of esters is 1. The lowest BCUT2D eigenvalue weighted by Crippen LogP contribution is -2.20. The molecule has 0 unspecified atom stereocenters. The molecule has 2 heterocycles. The van der Waals surface area contributed by atoms with Crippen LogP contribution in [-0.2, 0) is 14.3 Å². The molecule has 4 rings (SSSR count). The molecule has 2 aromatic carbocycles. The van der Waals surface area contributed by atoms with Crippen LogP contribution in [0.15, 0.2) is 73.7 Å². The Bertz CT molecular complexity index is 1180. The highest BCUT2D eigenvalue weighted by molar-refractivity contribution is 8.03. The van der Waals surface area contributed by atoms with Crippen LogP contribution in [0.2, 0.25) is 0 Å². The van der Waals surface area contributed by atoms with Gasteiger partial charge < -0.3 is 14.1 Å². The second kappa shape index (κ2) is 8.65. The van der Waals surface area contributed by atoms with Crippen LogP contribution in [-0.4, -0.2) is 36.1 Å². The van der Waals surface area contributed by atoms with Gasteiger partial charge in [0.25, 0.3) is 5.22 Å². The Morgan fingerprint density at radius 2 is 2.00 bits per heavy atom. The zero-order chi connectivity index (χ0) is 21.1. The van der Waals surface area contributed by atoms with Crippen molar-refractivity contribution in [3.8, 4) is 6.07 Å². The van der Waals surface area contributed by atoms with E-state index in [4.69, 9.17) is 9.15 Å². The predicted molar refractivity (Wildman–Crippen MR) is 114 cm³/mol. The summed E-state index contributed by atoms with van der Waals surface area (Å²) in [4.78, 5) is 31.6. The minimum atomic E-state index is -0.589. The number of benzene rings is 2. The maximum Gasteiger partial charge on any atom is 0.316 e. The Kier molecular flexibility index (Phi) is 5.79. The molecule has 0 amide bonds. The fraction of sp³-hybridized carbons (Fsp3) is 0.143. The Morgan fingerprint density at radius 1 is 1.23 bits per heavy atom. The van der Waals surface area contributed by atoms with Gasteiger partial charge in [0.1, 0.15) is 27.9 Å². The number of thioether (sulfide) groups is 2. The van der Waals surface area contributed by atoms with E-state index in [-0.39, 0.29) is 11.3 Å². The number of nitrogens with zero attached hydrogens (tertiary/aromatic N) is 3.